The third-order valence-electron chi connectivity index (χ3n) is 3.23. The van der Waals surface area contributed by atoms with Crippen molar-refractivity contribution in [1.82, 2.24) is 0 Å². The van der Waals surface area contributed by atoms with Crippen molar-refractivity contribution in [3.8, 4) is 0 Å². The first-order valence-electron chi connectivity index (χ1n) is 6.63. The van der Waals surface area contributed by atoms with E-state index in [1.165, 1.54) is 16.7 Å². The van der Waals surface area contributed by atoms with Crippen LogP contribution in [-0.2, 0) is 4.74 Å². The fourth-order valence-corrected chi connectivity index (χ4v) is 3.11. The molecule has 0 radical (unpaired) electrons. The number of alkyl halides is 2. The van der Waals surface area contributed by atoms with E-state index in [4.69, 9.17) is 4.74 Å². The summed E-state index contributed by atoms with van der Waals surface area (Å²) in [7, 11) is 0. The Morgan fingerprint density at radius 2 is 1.30 bits per heavy atom. The summed E-state index contributed by atoms with van der Waals surface area (Å²) in [5.74, 6) is 0. The maximum atomic E-state index is 6.27. The van der Waals surface area contributed by atoms with Gasteiger partial charge in [0.15, 0.2) is 0 Å². The number of hydrogen-bond donors (Lipinski definition) is 0. The molecule has 20 heavy (non-hydrogen) atoms. The molecule has 106 valence electrons. The summed E-state index contributed by atoms with van der Waals surface area (Å²) in [6.07, 6.45) is 0.110. The van der Waals surface area contributed by atoms with Crippen molar-refractivity contribution in [2.75, 3.05) is 10.7 Å². The minimum absolute atomic E-state index is 0.0540. The summed E-state index contributed by atoms with van der Waals surface area (Å²) in [6.45, 7) is 2.10. The van der Waals surface area contributed by atoms with E-state index in [1.54, 1.807) is 0 Å². The van der Waals surface area contributed by atoms with Crippen LogP contribution in [0, 0.1) is 6.92 Å². The number of aryl methyl sites for hydroxylation is 1. The molecule has 2 rings (SSSR count). The van der Waals surface area contributed by atoms with E-state index in [0.29, 0.717) is 0 Å². The number of ether oxygens (including phenoxy) is 1. The van der Waals surface area contributed by atoms with Crippen LogP contribution in [0.5, 0.6) is 0 Å². The van der Waals surface area contributed by atoms with Crippen LogP contribution in [0.4, 0.5) is 0 Å². The van der Waals surface area contributed by atoms with Gasteiger partial charge in [-0.3, -0.25) is 0 Å². The Morgan fingerprint density at radius 3 is 1.80 bits per heavy atom. The fraction of sp³-hybridized carbons (Fsp3) is 0.294. The highest BCUT2D eigenvalue weighted by atomic mass is 79.9. The number of hydrogen-bond acceptors (Lipinski definition) is 1. The largest absolute Gasteiger partial charge is 0.364 e. The second-order valence-corrected chi connectivity index (χ2v) is 6.04. The SMILES string of the molecule is Cc1ccc(C(CBr)OC(CBr)c2ccccc2)cc1. The summed E-state index contributed by atoms with van der Waals surface area (Å²) in [4.78, 5) is 0. The van der Waals surface area contributed by atoms with Gasteiger partial charge in [-0.25, -0.2) is 0 Å². The van der Waals surface area contributed by atoms with Crippen LogP contribution in [0.2, 0.25) is 0 Å². The van der Waals surface area contributed by atoms with Crippen molar-refractivity contribution in [2.45, 2.75) is 19.1 Å². The van der Waals surface area contributed by atoms with Gasteiger partial charge in [0.25, 0.3) is 0 Å². The van der Waals surface area contributed by atoms with E-state index in [2.05, 4.69) is 75.2 Å². The molecule has 0 amide bonds. The van der Waals surface area contributed by atoms with Gasteiger partial charge in [0, 0.05) is 10.7 Å². The third-order valence-corrected chi connectivity index (χ3v) is 4.41. The highest BCUT2D eigenvalue weighted by Crippen LogP contribution is 2.29. The topological polar surface area (TPSA) is 9.23 Å². The van der Waals surface area contributed by atoms with Gasteiger partial charge in [-0.1, -0.05) is 92.0 Å². The van der Waals surface area contributed by atoms with Gasteiger partial charge in [0.1, 0.15) is 0 Å². The molecule has 0 aliphatic rings. The predicted octanol–water partition coefficient (Wildman–Crippen LogP) is 5.58. The fourth-order valence-electron chi connectivity index (χ4n) is 2.06. The van der Waals surface area contributed by atoms with Crippen molar-refractivity contribution in [1.29, 1.82) is 0 Å². The van der Waals surface area contributed by atoms with E-state index in [1.807, 2.05) is 18.2 Å². The monoisotopic (exact) mass is 396 g/mol. The van der Waals surface area contributed by atoms with E-state index in [9.17, 15) is 0 Å². The minimum atomic E-state index is 0.0540. The highest BCUT2D eigenvalue weighted by molar-refractivity contribution is 9.09. The van der Waals surface area contributed by atoms with Crippen LogP contribution in [0.25, 0.3) is 0 Å². The number of rotatable bonds is 6. The molecular formula is C17H18Br2O. The summed E-state index contributed by atoms with van der Waals surface area (Å²) in [6, 6.07) is 18.8. The first kappa shape index (κ1) is 15.7. The molecule has 2 aromatic rings. The van der Waals surface area contributed by atoms with E-state index in [-0.39, 0.29) is 12.2 Å². The van der Waals surface area contributed by atoms with Crippen LogP contribution < -0.4 is 0 Å². The normalized spacial score (nSPS) is 13.9. The van der Waals surface area contributed by atoms with E-state index < -0.39 is 0 Å². The Bertz CT molecular complexity index is 510. The molecule has 2 aromatic carbocycles. The molecule has 0 bridgehead atoms. The zero-order chi connectivity index (χ0) is 14.4. The maximum Gasteiger partial charge on any atom is 0.0930 e. The molecule has 1 nitrogen and oxygen atoms in total. The van der Waals surface area contributed by atoms with Crippen molar-refractivity contribution < 1.29 is 4.74 Å². The summed E-state index contributed by atoms with van der Waals surface area (Å²) in [5.41, 5.74) is 3.67. The molecule has 0 N–H and O–H groups in total. The first-order valence-corrected chi connectivity index (χ1v) is 8.87. The van der Waals surface area contributed by atoms with Crippen molar-refractivity contribution in [3.05, 3.63) is 71.3 Å². The van der Waals surface area contributed by atoms with Crippen LogP contribution in [-0.4, -0.2) is 10.7 Å². The van der Waals surface area contributed by atoms with Crippen molar-refractivity contribution in [3.63, 3.8) is 0 Å². The van der Waals surface area contributed by atoms with Gasteiger partial charge in [-0.2, -0.15) is 0 Å². The highest BCUT2D eigenvalue weighted by Gasteiger charge is 2.18. The Kier molecular flexibility index (Phi) is 6.27. The molecule has 0 heterocycles. The summed E-state index contributed by atoms with van der Waals surface area (Å²) < 4.78 is 6.27. The molecule has 0 fully saturated rings. The van der Waals surface area contributed by atoms with Gasteiger partial charge in [0.2, 0.25) is 0 Å². The van der Waals surface area contributed by atoms with Crippen LogP contribution in [0.1, 0.15) is 28.9 Å². The number of benzene rings is 2. The molecule has 0 aliphatic carbocycles. The predicted molar refractivity (Wildman–Crippen MR) is 91.8 cm³/mol. The molecule has 2 atom stereocenters. The van der Waals surface area contributed by atoms with Crippen LogP contribution >= 0.6 is 31.9 Å². The quantitative estimate of drug-likeness (QED) is 0.577. The van der Waals surface area contributed by atoms with Crippen molar-refractivity contribution in [2.24, 2.45) is 0 Å². The molecular weight excluding hydrogens is 380 g/mol. The lowest BCUT2D eigenvalue weighted by Crippen LogP contribution is -2.13. The Labute approximate surface area is 137 Å². The van der Waals surface area contributed by atoms with Crippen LogP contribution in [0.15, 0.2) is 54.6 Å². The van der Waals surface area contributed by atoms with E-state index >= 15 is 0 Å². The Balaban J connectivity index is 2.14. The molecule has 0 aromatic heterocycles. The lowest BCUT2D eigenvalue weighted by Gasteiger charge is -2.23. The molecule has 0 aliphatic heterocycles. The average Bonchev–Trinajstić information content (AvgIpc) is 2.51. The van der Waals surface area contributed by atoms with Crippen LogP contribution in [0.3, 0.4) is 0 Å². The zero-order valence-corrected chi connectivity index (χ0v) is 14.6. The average molecular weight is 398 g/mol. The molecule has 2 unspecified atom stereocenters. The lowest BCUT2D eigenvalue weighted by molar-refractivity contribution is 0.0128. The molecule has 0 saturated heterocycles. The zero-order valence-electron chi connectivity index (χ0n) is 11.4. The summed E-state index contributed by atoms with van der Waals surface area (Å²) in [5, 5.41) is 1.57. The smallest absolute Gasteiger partial charge is 0.0930 e. The molecule has 3 heteroatoms. The van der Waals surface area contributed by atoms with E-state index in [0.717, 1.165) is 10.7 Å². The summed E-state index contributed by atoms with van der Waals surface area (Å²) >= 11 is 7.12. The van der Waals surface area contributed by atoms with Gasteiger partial charge in [0.05, 0.1) is 12.2 Å². The van der Waals surface area contributed by atoms with Crippen molar-refractivity contribution >= 4 is 31.9 Å². The Morgan fingerprint density at radius 1 is 0.800 bits per heavy atom. The van der Waals surface area contributed by atoms with Gasteiger partial charge < -0.3 is 4.74 Å². The first-order chi connectivity index (χ1) is 9.74. The minimum Gasteiger partial charge on any atom is -0.364 e. The van der Waals surface area contributed by atoms with Gasteiger partial charge in [-0.05, 0) is 18.1 Å². The van der Waals surface area contributed by atoms with Gasteiger partial charge >= 0.3 is 0 Å². The third kappa shape index (κ3) is 4.18. The number of halogens is 2. The lowest BCUT2D eigenvalue weighted by atomic mass is 10.1. The standard InChI is InChI=1S/C17H18Br2O/c1-13-7-9-15(10-8-13)17(12-19)20-16(11-18)14-5-3-2-4-6-14/h2-10,16-17H,11-12H2,1H3. The molecule has 0 spiro atoms. The van der Waals surface area contributed by atoms with Gasteiger partial charge in [-0.15, -0.1) is 0 Å². The maximum absolute atomic E-state index is 6.27. The second kappa shape index (κ2) is 7.96. The Hall–Kier alpha value is -0.640. The second-order valence-electron chi connectivity index (χ2n) is 4.74. The molecule has 0 saturated carbocycles.